The van der Waals surface area contributed by atoms with E-state index in [-0.39, 0.29) is 5.69 Å². The number of aromatic nitrogens is 2. The normalized spacial score (nSPS) is 11.4. The molecule has 3 rings (SSSR count). The molecule has 0 radical (unpaired) electrons. The summed E-state index contributed by atoms with van der Waals surface area (Å²) in [7, 11) is 0. The van der Waals surface area contributed by atoms with E-state index in [9.17, 15) is 4.79 Å². The first-order valence-electron chi connectivity index (χ1n) is 8.27. The molecule has 0 aliphatic rings. The quantitative estimate of drug-likeness (QED) is 0.524. The lowest BCUT2D eigenvalue weighted by molar-refractivity contribution is 0.0950. The van der Waals surface area contributed by atoms with Crippen molar-refractivity contribution in [3.8, 4) is 17.2 Å². The number of aryl methyl sites for hydroxylation is 1. The molecule has 1 aromatic carbocycles. The van der Waals surface area contributed by atoms with Crippen molar-refractivity contribution in [2.24, 2.45) is 5.10 Å². The van der Waals surface area contributed by atoms with Crippen molar-refractivity contribution >= 4 is 11.6 Å². The lowest BCUT2D eigenvalue weighted by Crippen LogP contribution is -2.19. The predicted octanol–water partition coefficient (Wildman–Crippen LogP) is 3.53. The summed E-state index contributed by atoms with van der Waals surface area (Å²) in [5.41, 5.74) is 4.95. The molecule has 134 valence electrons. The highest BCUT2D eigenvalue weighted by Gasteiger charge is 2.13. The first-order chi connectivity index (χ1) is 12.6. The van der Waals surface area contributed by atoms with Gasteiger partial charge in [-0.25, -0.2) is 5.43 Å². The minimum atomic E-state index is -0.402. The molecule has 2 heterocycles. The summed E-state index contributed by atoms with van der Waals surface area (Å²) in [6, 6.07) is 12.8. The lowest BCUT2D eigenvalue weighted by atomic mass is 10.1. The summed E-state index contributed by atoms with van der Waals surface area (Å²) < 4.78 is 10.9. The highest BCUT2D eigenvalue weighted by Crippen LogP contribution is 2.20. The molecule has 7 nitrogen and oxygen atoms in total. The van der Waals surface area contributed by atoms with Gasteiger partial charge >= 0.3 is 0 Å². The number of H-pyrrole nitrogens is 1. The van der Waals surface area contributed by atoms with Crippen LogP contribution in [0.2, 0.25) is 0 Å². The molecule has 0 bridgehead atoms. The van der Waals surface area contributed by atoms with E-state index in [1.165, 1.54) is 0 Å². The fourth-order valence-electron chi connectivity index (χ4n) is 2.36. The molecule has 2 aromatic heterocycles. The van der Waals surface area contributed by atoms with Gasteiger partial charge in [0.15, 0.2) is 11.5 Å². The third-order valence-corrected chi connectivity index (χ3v) is 3.72. The smallest absolute Gasteiger partial charge is 0.291 e. The van der Waals surface area contributed by atoms with Crippen LogP contribution in [0.15, 0.2) is 52.0 Å². The second-order valence-electron chi connectivity index (χ2n) is 5.67. The van der Waals surface area contributed by atoms with Crippen LogP contribution in [0.25, 0.3) is 11.5 Å². The number of nitrogens with one attached hydrogen (secondary N) is 2. The Morgan fingerprint density at radius 3 is 2.69 bits per heavy atom. The van der Waals surface area contributed by atoms with Crippen molar-refractivity contribution in [1.82, 2.24) is 15.6 Å². The van der Waals surface area contributed by atoms with Crippen LogP contribution in [-0.4, -0.2) is 28.4 Å². The van der Waals surface area contributed by atoms with Gasteiger partial charge in [-0.05, 0) is 62.7 Å². The summed E-state index contributed by atoms with van der Waals surface area (Å²) in [5.74, 6) is 1.81. The van der Waals surface area contributed by atoms with E-state index in [4.69, 9.17) is 9.15 Å². The van der Waals surface area contributed by atoms with Gasteiger partial charge in [-0.2, -0.15) is 10.2 Å². The number of carbonyl (C=O) groups is 1. The van der Waals surface area contributed by atoms with Gasteiger partial charge in [0.25, 0.3) is 5.91 Å². The van der Waals surface area contributed by atoms with Crippen LogP contribution in [0, 0.1) is 6.92 Å². The van der Waals surface area contributed by atoms with Crippen molar-refractivity contribution < 1.29 is 13.9 Å². The maximum atomic E-state index is 12.2. The molecule has 3 aromatic rings. The fraction of sp³-hybridized carbons (Fsp3) is 0.211. The highest BCUT2D eigenvalue weighted by molar-refractivity contribution is 6.00. The molecule has 0 aliphatic heterocycles. The Labute approximate surface area is 151 Å². The molecule has 0 unspecified atom stereocenters. The van der Waals surface area contributed by atoms with Crippen LogP contribution >= 0.6 is 0 Å². The van der Waals surface area contributed by atoms with E-state index < -0.39 is 5.91 Å². The van der Waals surface area contributed by atoms with Crippen molar-refractivity contribution in [3.05, 3.63) is 59.5 Å². The molecule has 26 heavy (non-hydrogen) atoms. The first-order valence-corrected chi connectivity index (χ1v) is 8.27. The SMILES string of the molecule is CCOc1ccc(/C(C)=N\NC(=O)c2cc(-c3ccc(C)o3)[nH]n2)cc1. The molecule has 0 atom stereocenters. The molecule has 2 N–H and O–H groups in total. The number of carbonyl (C=O) groups excluding carboxylic acids is 1. The minimum Gasteiger partial charge on any atom is -0.494 e. The third-order valence-electron chi connectivity index (χ3n) is 3.72. The standard InChI is InChI=1S/C19H20N4O3/c1-4-25-15-8-6-14(7-9-15)13(3)20-23-19(24)17-11-16(21-22-17)18-10-5-12(2)26-18/h5-11H,4H2,1-3H3,(H,21,22)(H,23,24)/b20-13-. The van der Waals surface area contributed by atoms with Gasteiger partial charge < -0.3 is 9.15 Å². The predicted molar refractivity (Wildman–Crippen MR) is 98.3 cm³/mol. The Kier molecular flexibility index (Phi) is 5.17. The average molecular weight is 352 g/mol. The topological polar surface area (TPSA) is 92.5 Å². The minimum absolute atomic E-state index is 0.234. The van der Waals surface area contributed by atoms with Gasteiger partial charge in [-0.1, -0.05) is 0 Å². The van der Waals surface area contributed by atoms with Crippen molar-refractivity contribution in [2.45, 2.75) is 20.8 Å². The summed E-state index contributed by atoms with van der Waals surface area (Å²) in [4.78, 5) is 12.2. The fourth-order valence-corrected chi connectivity index (χ4v) is 2.36. The van der Waals surface area contributed by atoms with Crippen LogP contribution in [0.3, 0.4) is 0 Å². The Hall–Kier alpha value is -3.35. The zero-order valence-electron chi connectivity index (χ0n) is 14.9. The molecular weight excluding hydrogens is 332 g/mol. The Morgan fingerprint density at radius 2 is 2.04 bits per heavy atom. The zero-order valence-corrected chi connectivity index (χ0v) is 14.9. The van der Waals surface area contributed by atoms with Gasteiger partial charge in [0.1, 0.15) is 17.2 Å². The lowest BCUT2D eigenvalue weighted by Gasteiger charge is -2.05. The molecule has 0 spiro atoms. The third kappa shape index (κ3) is 4.00. The first kappa shape index (κ1) is 17.5. The zero-order chi connectivity index (χ0) is 18.5. The van der Waals surface area contributed by atoms with Gasteiger partial charge in [0, 0.05) is 6.07 Å². The molecular formula is C19H20N4O3. The number of nitrogens with zero attached hydrogens (tertiary/aromatic N) is 2. The monoisotopic (exact) mass is 352 g/mol. The van der Waals surface area contributed by atoms with Crippen LogP contribution in [0.5, 0.6) is 5.75 Å². The van der Waals surface area contributed by atoms with Crippen molar-refractivity contribution in [3.63, 3.8) is 0 Å². The Bertz CT molecular complexity index is 922. The average Bonchev–Trinajstić information content (AvgIpc) is 3.29. The van der Waals surface area contributed by atoms with E-state index in [0.717, 1.165) is 17.1 Å². The number of benzene rings is 1. The summed E-state index contributed by atoms with van der Waals surface area (Å²) in [6.07, 6.45) is 0. The number of aromatic amines is 1. The second kappa shape index (κ2) is 7.69. The molecule has 0 fully saturated rings. The van der Waals surface area contributed by atoms with Gasteiger partial charge in [-0.3, -0.25) is 9.89 Å². The number of hydrogen-bond donors (Lipinski definition) is 2. The van der Waals surface area contributed by atoms with E-state index in [1.54, 1.807) is 6.07 Å². The number of ether oxygens (including phenoxy) is 1. The van der Waals surface area contributed by atoms with Crippen molar-refractivity contribution in [1.29, 1.82) is 0 Å². The maximum absolute atomic E-state index is 12.2. The number of hydrazone groups is 1. The Morgan fingerprint density at radius 1 is 1.27 bits per heavy atom. The van der Waals surface area contributed by atoms with E-state index >= 15 is 0 Å². The van der Waals surface area contributed by atoms with Gasteiger partial charge in [-0.15, -0.1) is 0 Å². The van der Waals surface area contributed by atoms with E-state index in [2.05, 4.69) is 20.7 Å². The van der Waals surface area contributed by atoms with Crippen LogP contribution in [0.4, 0.5) is 0 Å². The summed E-state index contributed by atoms with van der Waals surface area (Å²) in [6.45, 7) is 6.22. The highest BCUT2D eigenvalue weighted by atomic mass is 16.5. The number of rotatable bonds is 6. The number of amides is 1. The molecule has 0 saturated carbocycles. The number of furan rings is 1. The largest absolute Gasteiger partial charge is 0.494 e. The van der Waals surface area contributed by atoms with Crippen LogP contribution < -0.4 is 10.2 Å². The van der Waals surface area contributed by atoms with Crippen LogP contribution in [0.1, 0.15) is 35.7 Å². The molecule has 0 saturated heterocycles. The number of hydrogen-bond acceptors (Lipinski definition) is 5. The summed E-state index contributed by atoms with van der Waals surface area (Å²) >= 11 is 0. The molecule has 1 amide bonds. The molecule has 7 heteroatoms. The Balaban J connectivity index is 1.66. The second-order valence-corrected chi connectivity index (χ2v) is 5.67. The molecule has 0 aliphatic carbocycles. The maximum Gasteiger partial charge on any atom is 0.291 e. The van der Waals surface area contributed by atoms with Crippen molar-refractivity contribution in [2.75, 3.05) is 6.61 Å². The summed E-state index contributed by atoms with van der Waals surface area (Å²) in [5, 5.41) is 10.9. The van der Waals surface area contributed by atoms with Gasteiger partial charge in [0.2, 0.25) is 0 Å². The van der Waals surface area contributed by atoms with Crippen LogP contribution in [-0.2, 0) is 0 Å². The van der Waals surface area contributed by atoms with E-state index in [0.29, 0.717) is 23.8 Å². The van der Waals surface area contributed by atoms with E-state index in [1.807, 2.05) is 57.2 Å². The van der Waals surface area contributed by atoms with Gasteiger partial charge in [0.05, 0.1) is 12.3 Å².